The van der Waals surface area contributed by atoms with Crippen molar-refractivity contribution >= 4 is 33.2 Å². The molecule has 2 nitrogen and oxygen atoms in total. The van der Waals surface area contributed by atoms with Gasteiger partial charge in [0.05, 0.1) is 8.66 Å². The second-order valence-corrected chi connectivity index (χ2v) is 7.06. The molecular weight excluding hydrogens is 286 g/mol. The van der Waals surface area contributed by atoms with Crippen LogP contribution < -0.4 is 5.32 Å². The van der Waals surface area contributed by atoms with E-state index in [-0.39, 0.29) is 5.91 Å². The molecule has 1 aromatic rings. The van der Waals surface area contributed by atoms with Crippen LogP contribution in [0, 0.1) is 11.8 Å². The molecular formula is C12H16BrNOS. The van der Waals surface area contributed by atoms with E-state index in [0.717, 1.165) is 21.0 Å². The third-order valence-electron chi connectivity index (χ3n) is 3.58. The minimum absolute atomic E-state index is 0.0710. The van der Waals surface area contributed by atoms with Gasteiger partial charge in [-0.05, 0) is 52.7 Å². The Morgan fingerprint density at radius 3 is 2.69 bits per heavy atom. The van der Waals surface area contributed by atoms with Crippen molar-refractivity contribution in [3.8, 4) is 0 Å². The van der Waals surface area contributed by atoms with Gasteiger partial charge in [0.25, 0.3) is 5.91 Å². The molecule has 4 heteroatoms. The fraction of sp³-hybridized carbons (Fsp3) is 0.583. The lowest BCUT2D eigenvalue weighted by atomic mass is 9.98. The van der Waals surface area contributed by atoms with Crippen molar-refractivity contribution in [1.82, 2.24) is 5.32 Å². The standard InChI is InChI=1S/C12H16BrNOS/c1-7-3-4-9(8(7)2)14-12(15)10-5-6-11(13)16-10/h5-9H,3-4H2,1-2H3,(H,14,15). The number of nitrogens with one attached hydrogen (secondary N) is 1. The van der Waals surface area contributed by atoms with Crippen molar-refractivity contribution in [3.05, 3.63) is 20.8 Å². The average molecular weight is 302 g/mol. The van der Waals surface area contributed by atoms with Crippen LogP contribution in [-0.2, 0) is 0 Å². The summed E-state index contributed by atoms with van der Waals surface area (Å²) in [6.45, 7) is 4.49. The lowest BCUT2D eigenvalue weighted by molar-refractivity contribution is 0.0931. The van der Waals surface area contributed by atoms with Crippen LogP contribution in [0.1, 0.15) is 36.4 Å². The second-order valence-electron chi connectivity index (χ2n) is 4.60. The topological polar surface area (TPSA) is 29.1 Å². The number of carbonyl (C=O) groups is 1. The number of hydrogen-bond acceptors (Lipinski definition) is 2. The van der Waals surface area contributed by atoms with Gasteiger partial charge in [-0.25, -0.2) is 0 Å². The zero-order chi connectivity index (χ0) is 11.7. The minimum atomic E-state index is 0.0710. The summed E-state index contributed by atoms with van der Waals surface area (Å²) in [6, 6.07) is 4.14. The molecule has 0 aliphatic heterocycles. The number of halogens is 1. The highest BCUT2D eigenvalue weighted by Crippen LogP contribution is 2.31. The molecule has 0 saturated heterocycles. The van der Waals surface area contributed by atoms with Gasteiger partial charge in [0.1, 0.15) is 0 Å². The predicted molar refractivity (Wildman–Crippen MR) is 70.8 cm³/mol. The van der Waals surface area contributed by atoms with Crippen molar-refractivity contribution in [2.75, 3.05) is 0 Å². The highest BCUT2D eigenvalue weighted by Gasteiger charge is 2.31. The first-order chi connectivity index (χ1) is 7.58. The molecule has 1 aliphatic carbocycles. The maximum atomic E-state index is 11.9. The molecule has 1 aliphatic rings. The van der Waals surface area contributed by atoms with E-state index in [9.17, 15) is 4.79 Å². The van der Waals surface area contributed by atoms with Crippen molar-refractivity contribution < 1.29 is 4.79 Å². The Kier molecular flexibility index (Phi) is 3.70. The molecule has 1 aromatic heterocycles. The molecule has 16 heavy (non-hydrogen) atoms. The maximum absolute atomic E-state index is 11.9. The van der Waals surface area contributed by atoms with Gasteiger partial charge in [0.15, 0.2) is 0 Å². The van der Waals surface area contributed by atoms with Crippen LogP contribution in [0.5, 0.6) is 0 Å². The van der Waals surface area contributed by atoms with E-state index in [4.69, 9.17) is 0 Å². The Morgan fingerprint density at radius 2 is 2.19 bits per heavy atom. The van der Waals surface area contributed by atoms with Gasteiger partial charge in [-0.1, -0.05) is 13.8 Å². The molecule has 0 aromatic carbocycles. The first-order valence-corrected chi connectivity index (χ1v) is 7.25. The van der Waals surface area contributed by atoms with Gasteiger partial charge in [-0.15, -0.1) is 11.3 Å². The van der Waals surface area contributed by atoms with Crippen molar-refractivity contribution in [3.63, 3.8) is 0 Å². The van der Waals surface area contributed by atoms with Crippen LogP contribution >= 0.6 is 27.3 Å². The Labute approximate surface area is 109 Å². The molecule has 0 bridgehead atoms. The fourth-order valence-electron chi connectivity index (χ4n) is 2.24. The summed E-state index contributed by atoms with van der Waals surface area (Å²) in [6.07, 6.45) is 2.33. The van der Waals surface area contributed by atoms with Crippen LogP contribution in [0.25, 0.3) is 0 Å². The van der Waals surface area contributed by atoms with Gasteiger partial charge in [0, 0.05) is 6.04 Å². The molecule has 1 amide bonds. The van der Waals surface area contributed by atoms with E-state index in [1.165, 1.54) is 17.8 Å². The molecule has 0 radical (unpaired) electrons. The third kappa shape index (κ3) is 2.48. The van der Waals surface area contributed by atoms with Crippen LogP contribution in [-0.4, -0.2) is 11.9 Å². The monoisotopic (exact) mass is 301 g/mol. The number of thiophene rings is 1. The van der Waals surface area contributed by atoms with Crippen LogP contribution in [0.4, 0.5) is 0 Å². The van der Waals surface area contributed by atoms with E-state index in [1.807, 2.05) is 12.1 Å². The van der Waals surface area contributed by atoms with Gasteiger partial charge in [-0.2, -0.15) is 0 Å². The van der Waals surface area contributed by atoms with E-state index in [2.05, 4.69) is 35.1 Å². The summed E-state index contributed by atoms with van der Waals surface area (Å²) in [4.78, 5) is 12.7. The zero-order valence-corrected chi connectivity index (χ0v) is 11.9. The molecule has 3 atom stereocenters. The first kappa shape index (κ1) is 12.1. The van der Waals surface area contributed by atoms with Gasteiger partial charge >= 0.3 is 0 Å². The number of rotatable bonds is 2. The Morgan fingerprint density at radius 1 is 1.44 bits per heavy atom. The summed E-state index contributed by atoms with van der Waals surface area (Å²) < 4.78 is 1.01. The van der Waals surface area contributed by atoms with Crippen molar-refractivity contribution in [2.24, 2.45) is 11.8 Å². The van der Waals surface area contributed by atoms with E-state index < -0.39 is 0 Å². The summed E-state index contributed by atoms with van der Waals surface area (Å²) in [5, 5.41) is 3.14. The summed E-state index contributed by atoms with van der Waals surface area (Å²) >= 11 is 4.86. The summed E-state index contributed by atoms with van der Waals surface area (Å²) in [7, 11) is 0. The second kappa shape index (κ2) is 4.88. The van der Waals surface area contributed by atoms with Gasteiger partial charge < -0.3 is 5.32 Å². The SMILES string of the molecule is CC1CCC(NC(=O)c2ccc(Br)s2)C1C. The van der Waals surface area contributed by atoms with Crippen LogP contribution in [0.3, 0.4) is 0 Å². The van der Waals surface area contributed by atoms with Crippen LogP contribution in [0.15, 0.2) is 15.9 Å². The van der Waals surface area contributed by atoms with E-state index in [0.29, 0.717) is 12.0 Å². The molecule has 2 rings (SSSR count). The number of hydrogen-bond donors (Lipinski definition) is 1. The maximum Gasteiger partial charge on any atom is 0.261 e. The summed E-state index contributed by atoms with van der Waals surface area (Å²) in [5.74, 6) is 1.38. The molecule has 0 spiro atoms. The molecule has 1 fully saturated rings. The number of amides is 1. The highest BCUT2D eigenvalue weighted by atomic mass is 79.9. The minimum Gasteiger partial charge on any atom is -0.348 e. The van der Waals surface area contributed by atoms with Gasteiger partial charge in [-0.3, -0.25) is 4.79 Å². The lowest BCUT2D eigenvalue weighted by Gasteiger charge is -2.19. The predicted octanol–water partition coefficient (Wildman–Crippen LogP) is 3.68. The molecule has 3 unspecified atom stereocenters. The third-order valence-corrected chi connectivity index (χ3v) is 5.20. The normalized spacial score (nSPS) is 29.3. The average Bonchev–Trinajstić information content (AvgIpc) is 2.79. The zero-order valence-electron chi connectivity index (χ0n) is 9.50. The first-order valence-electron chi connectivity index (χ1n) is 5.64. The molecule has 88 valence electrons. The Bertz CT molecular complexity index is 390. The fourth-order valence-corrected chi connectivity index (χ4v) is 3.53. The quantitative estimate of drug-likeness (QED) is 0.887. The Hall–Kier alpha value is -0.350. The van der Waals surface area contributed by atoms with Crippen molar-refractivity contribution in [2.45, 2.75) is 32.7 Å². The van der Waals surface area contributed by atoms with Crippen LogP contribution in [0.2, 0.25) is 0 Å². The van der Waals surface area contributed by atoms with Crippen molar-refractivity contribution in [1.29, 1.82) is 0 Å². The van der Waals surface area contributed by atoms with E-state index >= 15 is 0 Å². The number of carbonyl (C=O) groups excluding carboxylic acids is 1. The summed E-state index contributed by atoms with van der Waals surface area (Å²) in [5.41, 5.74) is 0. The Balaban J connectivity index is 1.98. The lowest BCUT2D eigenvalue weighted by Crippen LogP contribution is -2.36. The molecule has 1 saturated carbocycles. The van der Waals surface area contributed by atoms with Gasteiger partial charge in [0.2, 0.25) is 0 Å². The largest absolute Gasteiger partial charge is 0.348 e. The highest BCUT2D eigenvalue weighted by molar-refractivity contribution is 9.11. The molecule has 1 N–H and O–H groups in total. The molecule has 1 heterocycles. The smallest absolute Gasteiger partial charge is 0.261 e. The van der Waals surface area contributed by atoms with E-state index in [1.54, 1.807) is 0 Å².